The van der Waals surface area contributed by atoms with E-state index in [1.807, 2.05) is 32.0 Å². The van der Waals surface area contributed by atoms with Gasteiger partial charge in [-0.3, -0.25) is 4.99 Å². The zero-order chi connectivity index (χ0) is 9.84. The van der Waals surface area contributed by atoms with Gasteiger partial charge in [-0.05, 0) is 31.6 Å². The summed E-state index contributed by atoms with van der Waals surface area (Å²) in [4.78, 5) is 4.22. The highest BCUT2D eigenvalue weighted by Gasteiger charge is 2.00. The highest BCUT2D eigenvalue weighted by atomic mass is 14.7. The van der Waals surface area contributed by atoms with E-state index in [2.05, 4.69) is 11.6 Å². The summed E-state index contributed by atoms with van der Waals surface area (Å²) in [6.07, 6.45) is 1.75. The van der Waals surface area contributed by atoms with Gasteiger partial charge in [-0.2, -0.15) is 0 Å². The van der Waals surface area contributed by atoms with Crippen LogP contribution in [0.2, 0.25) is 0 Å². The van der Waals surface area contributed by atoms with Crippen LogP contribution in [0.1, 0.15) is 19.4 Å². The van der Waals surface area contributed by atoms with Crippen LogP contribution in [0.15, 0.2) is 29.8 Å². The van der Waals surface area contributed by atoms with E-state index in [0.717, 1.165) is 22.5 Å². The summed E-state index contributed by atoms with van der Waals surface area (Å²) in [5.74, 6) is 0. The molecule has 68 valence electrons. The average molecular weight is 174 g/mol. The monoisotopic (exact) mass is 174 g/mol. The lowest BCUT2D eigenvalue weighted by atomic mass is 10.1. The molecule has 13 heavy (non-hydrogen) atoms. The van der Waals surface area contributed by atoms with Gasteiger partial charge in [-0.1, -0.05) is 12.6 Å². The lowest BCUT2D eigenvalue weighted by molar-refractivity contribution is 1.47. The molecule has 0 heterocycles. The van der Waals surface area contributed by atoms with Crippen molar-refractivity contribution in [2.45, 2.75) is 13.8 Å². The molecule has 2 heteroatoms. The SMILES string of the molecule is C=C(C)c1ccc(N)cc1/N=C\C. The highest BCUT2D eigenvalue weighted by molar-refractivity contribution is 5.77. The molecule has 1 rings (SSSR count). The zero-order valence-electron chi connectivity index (χ0n) is 8.04. The second kappa shape index (κ2) is 3.90. The molecule has 0 saturated carbocycles. The van der Waals surface area contributed by atoms with Crippen molar-refractivity contribution in [2.75, 3.05) is 5.73 Å². The molecule has 0 atom stereocenters. The second-order valence-corrected chi connectivity index (χ2v) is 2.94. The van der Waals surface area contributed by atoms with Crippen molar-refractivity contribution in [1.82, 2.24) is 0 Å². The molecule has 0 saturated heterocycles. The molecule has 2 nitrogen and oxygen atoms in total. The Bertz CT molecular complexity index is 351. The summed E-state index contributed by atoms with van der Waals surface area (Å²) in [7, 11) is 0. The Morgan fingerprint density at radius 3 is 2.77 bits per heavy atom. The summed E-state index contributed by atoms with van der Waals surface area (Å²) in [6.45, 7) is 7.72. The standard InChI is InChI=1S/C11H14N2/c1-4-13-11-7-9(12)5-6-10(11)8(2)3/h4-7H,2,12H2,1,3H3/b13-4-. The molecular weight excluding hydrogens is 160 g/mol. The molecule has 2 N–H and O–H groups in total. The Hall–Kier alpha value is -1.57. The van der Waals surface area contributed by atoms with Crippen molar-refractivity contribution in [1.29, 1.82) is 0 Å². The lowest BCUT2D eigenvalue weighted by Gasteiger charge is -2.05. The molecule has 0 spiro atoms. The first-order chi connectivity index (χ1) is 6.15. The Balaban J connectivity index is 3.26. The van der Waals surface area contributed by atoms with E-state index in [9.17, 15) is 0 Å². The van der Waals surface area contributed by atoms with Gasteiger partial charge in [0.05, 0.1) is 5.69 Å². The van der Waals surface area contributed by atoms with Crippen molar-refractivity contribution in [3.8, 4) is 0 Å². The summed E-state index contributed by atoms with van der Waals surface area (Å²) in [5, 5.41) is 0. The van der Waals surface area contributed by atoms with Crippen molar-refractivity contribution in [3.05, 3.63) is 30.3 Å². The molecular formula is C11H14N2. The Morgan fingerprint density at radius 1 is 1.54 bits per heavy atom. The van der Waals surface area contributed by atoms with Gasteiger partial charge in [0.25, 0.3) is 0 Å². The van der Waals surface area contributed by atoms with Crippen LogP contribution < -0.4 is 5.73 Å². The quantitative estimate of drug-likeness (QED) is 0.543. The lowest BCUT2D eigenvalue weighted by Crippen LogP contribution is -1.86. The first-order valence-electron chi connectivity index (χ1n) is 4.19. The van der Waals surface area contributed by atoms with Crippen molar-refractivity contribution >= 4 is 23.2 Å². The Morgan fingerprint density at radius 2 is 2.23 bits per heavy atom. The molecule has 0 amide bonds. The number of hydrogen-bond acceptors (Lipinski definition) is 2. The van der Waals surface area contributed by atoms with Crippen molar-refractivity contribution in [2.24, 2.45) is 4.99 Å². The van der Waals surface area contributed by atoms with Gasteiger partial charge in [-0.25, -0.2) is 0 Å². The molecule has 0 aliphatic carbocycles. The predicted molar refractivity (Wildman–Crippen MR) is 59.4 cm³/mol. The van der Waals surface area contributed by atoms with Crippen LogP contribution in [0, 0.1) is 0 Å². The summed E-state index contributed by atoms with van der Waals surface area (Å²) < 4.78 is 0. The Labute approximate surface area is 78.8 Å². The number of nitrogens with two attached hydrogens (primary N) is 1. The predicted octanol–water partition coefficient (Wildman–Crippen LogP) is 3.02. The molecule has 0 unspecified atom stereocenters. The number of anilines is 1. The maximum absolute atomic E-state index is 5.65. The summed E-state index contributed by atoms with van der Waals surface area (Å²) in [6, 6.07) is 5.66. The van der Waals surface area contributed by atoms with Crippen LogP contribution in [0.5, 0.6) is 0 Å². The third-order valence-electron chi connectivity index (χ3n) is 1.75. The van der Waals surface area contributed by atoms with Crippen LogP contribution in [-0.4, -0.2) is 6.21 Å². The first kappa shape index (κ1) is 9.52. The summed E-state index contributed by atoms with van der Waals surface area (Å²) in [5.41, 5.74) is 9.32. The smallest absolute Gasteiger partial charge is 0.0720 e. The molecule has 0 bridgehead atoms. The van der Waals surface area contributed by atoms with Gasteiger partial charge in [0.1, 0.15) is 0 Å². The minimum atomic E-state index is 0.727. The maximum atomic E-state index is 5.65. The topological polar surface area (TPSA) is 38.4 Å². The fourth-order valence-corrected chi connectivity index (χ4v) is 1.16. The minimum absolute atomic E-state index is 0.727. The fraction of sp³-hybridized carbons (Fsp3) is 0.182. The second-order valence-electron chi connectivity index (χ2n) is 2.94. The largest absolute Gasteiger partial charge is 0.399 e. The van der Waals surface area contributed by atoms with E-state index in [-0.39, 0.29) is 0 Å². The van der Waals surface area contributed by atoms with Crippen LogP contribution in [-0.2, 0) is 0 Å². The number of hydrogen-bond donors (Lipinski definition) is 1. The van der Waals surface area contributed by atoms with Crippen molar-refractivity contribution < 1.29 is 0 Å². The molecule has 0 aliphatic rings. The minimum Gasteiger partial charge on any atom is -0.399 e. The van der Waals surface area contributed by atoms with Gasteiger partial charge in [0, 0.05) is 17.5 Å². The van der Waals surface area contributed by atoms with Crippen LogP contribution in [0.3, 0.4) is 0 Å². The van der Waals surface area contributed by atoms with Gasteiger partial charge in [0.15, 0.2) is 0 Å². The van der Waals surface area contributed by atoms with Gasteiger partial charge < -0.3 is 5.73 Å². The first-order valence-corrected chi connectivity index (χ1v) is 4.19. The van der Waals surface area contributed by atoms with E-state index in [4.69, 9.17) is 5.73 Å². The van der Waals surface area contributed by atoms with E-state index >= 15 is 0 Å². The number of aliphatic imine (C=N–C) groups is 1. The molecule has 0 aliphatic heterocycles. The molecule has 1 aromatic carbocycles. The fourth-order valence-electron chi connectivity index (χ4n) is 1.16. The maximum Gasteiger partial charge on any atom is 0.0720 e. The molecule has 1 aromatic rings. The van der Waals surface area contributed by atoms with E-state index < -0.39 is 0 Å². The summed E-state index contributed by atoms with van der Waals surface area (Å²) >= 11 is 0. The van der Waals surface area contributed by atoms with E-state index in [1.54, 1.807) is 6.21 Å². The van der Waals surface area contributed by atoms with E-state index in [1.165, 1.54) is 0 Å². The zero-order valence-corrected chi connectivity index (χ0v) is 8.04. The van der Waals surface area contributed by atoms with Crippen molar-refractivity contribution in [3.63, 3.8) is 0 Å². The van der Waals surface area contributed by atoms with Crippen LogP contribution in [0.4, 0.5) is 11.4 Å². The number of rotatable bonds is 2. The Kier molecular flexibility index (Phi) is 2.85. The number of nitrogens with zero attached hydrogens (tertiary/aromatic N) is 1. The molecule has 0 aromatic heterocycles. The van der Waals surface area contributed by atoms with Crippen LogP contribution >= 0.6 is 0 Å². The normalized spacial score (nSPS) is 10.6. The average Bonchev–Trinajstić information content (AvgIpc) is 2.04. The van der Waals surface area contributed by atoms with Gasteiger partial charge in [-0.15, -0.1) is 0 Å². The highest BCUT2D eigenvalue weighted by Crippen LogP contribution is 2.27. The van der Waals surface area contributed by atoms with Gasteiger partial charge >= 0.3 is 0 Å². The number of allylic oxidation sites excluding steroid dienone is 1. The third-order valence-corrected chi connectivity index (χ3v) is 1.75. The number of benzene rings is 1. The number of nitrogen functional groups attached to an aromatic ring is 1. The van der Waals surface area contributed by atoms with Crippen LogP contribution in [0.25, 0.3) is 5.57 Å². The molecule has 0 fully saturated rings. The van der Waals surface area contributed by atoms with Gasteiger partial charge in [0.2, 0.25) is 0 Å². The third kappa shape index (κ3) is 2.18. The van der Waals surface area contributed by atoms with E-state index in [0.29, 0.717) is 0 Å². The molecule has 0 radical (unpaired) electrons.